The first-order valence-electron chi connectivity index (χ1n) is 7.11. The van der Waals surface area contributed by atoms with Gasteiger partial charge in [0.15, 0.2) is 0 Å². The number of nitrogens with zero attached hydrogens (tertiary/aromatic N) is 1. The maximum atomic E-state index is 4.81. The van der Waals surface area contributed by atoms with Gasteiger partial charge in [-0.15, -0.1) is 11.3 Å². The minimum Gasteiger partial charge on any atom is -0.316 e. The molecule has 106 valence electrons. The van der Waals surface area contributed by atoms with Gasteiger partial charge in [-0.25, -0.2) is 4.98 Å². The Labute approximate surface area is 129 Å². The topological polar surface area (TPSA) is 24.9 Å². The van der Waals surface area contributed by atoms with Crippen LogP contribution >= 0.6 is 23.1 Å². The monoisotopic (exact) mass is 304 g/mol. The summed E-state index contributed by atoms with van der Waals surface area (Å²) in [7, 11) is 2.08. The van der Waals surface area contributed by atoms with Crippen LogP contribution in [-0.2, 0) is 6.42 Å². The van der Waals surface area contributed by atoms with Crippen LogP contribution in [0.15, 0.2) is 35.7 Å². The molecule has 1 fully saturated rings. The van der Waals surface area contributed by atoms with E-state index >= 15 is 0 Å². The summed E-state index contributed by atoms with van der Waals surface area (Å²) < 4.78 is 0. The number of benzene rings is 1. The molecule has 1 N–H and O–H groups in total. The molecule has 1 saturated heterocycles. The van der Waals surface area contributed by atoms with Crippen molar-refractivity contribution in [3.05, 3.63) is 40.7 Å². The van der Waals surface area contributed by atoms with Gasteiger partial charge in [0.25, 0.3) is 0 Å². The zero-order valence-electron chi connectivity index (χ0n) is 11.7. The lowest BCUT2D eigenvalue weighted by atomic mass is 9.97. The lowest BCUT2D eigenvalue weighted by Crippen LogP contribution is -2.35. The number of nitrogens with one attached hydrogen (secondary N) is 1. The van der Waals surface area contributed by atoms with Crippen molar-refractivity contribution in [1.82, 2.24) is 10.3 Å². The summed E-state index contributed by atoms with van der Waals surface area (Å²) in [5, 5.41) is 6.93. The summed E-state index contributed by atoms with van der Waals surface area (Å²) in [6.07, 6.45) is 2.40. The highest BCUT2D eigenvalue weighted by Gasteiger charge is 2.25. The molecular formula is C16H20N2S2. The summed E-state index contributed by atoms with van der Waals surface area (Å²) in [5.41, 5.74) is 2.33. The van der Waals surface area contributed by atoms with E-state index < -0.39 is 0 Å². The standard InChI is InChI=1S/C16H20N2S2/c1-17-14(13-7-8-19-10-13)9-16-18-15(11-20-16)12-5-3-2-4-6-12/h2-6,11,13-14,17H,7-10H2,1H3. The maximum absolute atomic E-state index is 4.81. The van der Waals surface area contributed by atoms with E-state index in [1.54, 1.807) is 11.3 Å². The van der Waals surface area contributed by atoms with E-state index in [4.69, 9.17) is 4.98 Å². The zero-order chi connectivity index (χ0) is 13.8. The predicted octanol–water partition coefficient (Wildman–Crippen LogP) is 3.69. The first-order valence-corrected chi connectivity index (χ1v) is 9.15. The average Bonchev–Trinajstić information content (AvgIpc) is 3.17. The molecule has 0 amide bonds. The van der Waals surface area contributed by atoms with Gasteiger partial charge in [-0.3, -0.25) is 0 Å². The predicted molar refractivity (Wildman–Crippen MR) is 89.5 cm³/mol. The average molecular weight is 304 g/mol. The second-order valence-corrected chi connectivity index (χ2v) is 7.31. The van der Waals surface area contributed by atoms with Crippen LogP contribution in [0.2, 0.25) is 0 Å². The van der Waals surface area contributed by atoms with Crippen molar-refractivity contribution in [2.75, 3.05) is 18.6 Å². The normalized spacial score (nSPS) is 20.1. The van der Waals surface area contributed by atoms with Crippen LogP contribution in [0.1, 0.15) is 11.4 Å². The lowest BCUT2D eigenvalue weighted by Gasteiger charge is -2.21. The summed E-state index contributed by atoms with van der Waals surface area (Å²) in [6, 6.07) is 11.0. The summed E-state index contributed by atoms with van der Waals surface area (Å²) in [5.74, 6) is 3.41. The van der Waals surface area contributed by atoms with Gasteiger partial charge >= 0.3 is 0 Å². The summed E-state index contributed by atoms with van der Waals surface area (Å²) in [4.78, 5) is 4.81. The first-order chi connectivity index (χ1) is 9.86. The third-order valence-electron chi connectivity index (χ3n) is 3.92. The first kappa shape index (κ1) is 14.1. The molecule has 20 heavy (non-hydrogen) atoms. The molecule has 1 aromatic carbocycles. The second kappa shape index (κ2) is 6.74. The Hall–Kier alpha value is -0.840. The largest absolute Gasteiger partial charge is 0.316 e. The Morgan fingerprint density at radius 3 is 2.90 bits per heavy atom. The van der Waals surface area contributed by atoms with E-state index in [0.717, 1.165) is 18.0 Å². The van der Waals surface area contributed by atoms with Gasteiger partial charge in [0.05, 0.1) is 10.7 Å². The number of hydrogen-bond acceptors (Lipinski definition) is 4. The number of thioether (sulfide) groups is 1. The van der Waals surface area contributed by atoms with Gasteiger partial charge in [0, 0.05) is 23.4 Å². The van der Waals surface area contributed by atoms with Gasteiger partial charge in [0.1, 0.15) is 0 Å². The fraction of sp³-hybridized carbons (Fsp3) is 0.438. The van der Waals surface area contributed by atoms with Crippen LogP contribution in [0.3, 0.4) is 0 Å². The second-order valence-electron chi connectivity index (χ2n) is 5.22. The van der Waals surface area contributed by atoms with Crippen molar-refractivity contribution in [3.63, 3.8) is 0 Å². The molecule has 1 aliphatic rings. The van der Waals surface area contributed by atoms with Gasteiger partial charge in [-0.2, -0.15) is 11.8 Å². The molecule has 0 aliphatic carbocycles. The molecule has 2 aromatic rings. The Morgan fingerprint density at radius 2 is 2.20 bits per heavy atom. The number of aromatic nitrogens is 1. The van der Waals surface area contributed by atoms with Crippen LogP contribution < -0.4 is 5.32 Å². The molecule has 0 bridgehead atoms. The molecule has 2 atom stereocenters. The van der Waals surface area contributed by atoms with Crippen molar-refractivity contribution in [1.29, 1.82) is 0 Å². The highest BCUT2D eigenvalue weighted by atomic mass is 32.2. The van der Waals surface area contributed by atoms with Crippen molar-refractivity contribution >= 4 is 23.1 Å². The van der Waals surface area contributed by atoms with E-state index in [1.807, 2.05) is 6.07 Å². The molecule has 2 heterocycles. The molecule has 2 unspecified atom stereocenters. The Balaban J connectivity index is 1.70. The minimum absolute atomic E-state index is 0.569. The smallest absolute Gasteiger partial charge is 0.0948 e. The van der Waals surface area contributed by atoms with E-state index in [1.165, 1.54) is 28.5 Å². The number of hydrogen-bond donors (Lipinski definition) is 1. The van der Waals surface area contributed by atoms with E-state index in [2.05, 4.69) is 53.8 Å². The fourth-order valence-electron chi connectivity index (χ4n) is 2.71. The van der Waals surface area contributed by atoms with Gasteiger partial charge in [-0.1, -0.05) is 30.3 Å². The van der Waals surface area contributed by atoms with Gasteiger partial charge in [0.2, 0.25) is 0 Å². The lowest BCUT2D eigenvalue weighted by molar-refractivity contribution is 0.403. The molecule has 0 radical (unpaired) electrons. The van der Waals surface area contributed by atoms with Crippen molar-refractivity contribution in [3.8, 4) is 11.3 Å². The van der Waals surface area contributed by atoms with Crippen LogP contribution in [-0.4, -0.2) is 29.6 Å². The Bertz CT molecular complexity index is 532. The molecule has 2 nitrogen and oxygen atoms in total. The zero-order valence-corrected chi connectivity index (χ0v) is 13.3. The summed E-state index contributed by atoms with van der Waals surface area (Å²) >= 11 is 3.87. The molecule has 1 aliphatic heterocycles. The molecule has 0 spiro atoms. The van der Waals surface area contributed by atoms with Crippen molar-refractivity contribution < 1.29 is 0 Å². The van der Waals surface area contributed by atoms with E-state index in [0.29, 0.717) is 6.04 Å². The number of likely N-dealkylation sites (N-methyl/N-ethyl adjacent to an activating group) is 1. The van der Waals surface area contributed by atoms with Crippen LogP contribution in [0.5, 0.6) is 0 Å². The van der Waals surface area contributed by atoms with E-state index in [9.17, 15) is 0 Å². The van der Waals surface area contributed by atoms with Gasteiger partial charge < -0.3 is 5.32 Å². The van der Waals surface area contributed by atoms with Crippen LogP contribution in [0, 0.1) is 5.92 Å². The fourth-order valence-corrected chi connectivity index (χ4v) is 4.91. The van der Waals surface area contributed by atoms with E-state index in [-0.39, 0.29) is 0 Å². The third-order valence-corrected chi connectivity index (χ3v) is 5.98. The molecule has 0 saturated carbocycles. The third kappa shape index (κ3) is 3.25. The number of thiazole rings is 1. The maximum Gasteiger partial charge on any atom is 0.0948 e. The van der Waals surface area contributed by atoms with Gasteiger partial charge in [-0.05, 0) is 30.9 Å². The molecular weight excluding hydrogens is 284 g/mol. The SMILES string of the molecule is CNC(Cc1nc(-c2ccccc2)cs1)C1CCSC1. The summed E-state index contributed by atoms with van der Waals surface area (Å²) in [6.45, 7) is 0. The minimum atomic E-state index is 0.569. The van der Waals surface area contributed by atoms with Crippen molar-refractivity contribution in [2.45, 2.75) is 18.9 Å². The van der Waals surface area contributed by atoms with Crippen LogP contribution in [0.4, 0.5) is 0 Å². The highest BCUT2D eigenvalue weighted by Crippen LogP contribution is 2.29. The Kier molecular flexibility index (Phi) is 4.76. The molecule has 1 aromatic heterocycles. The molecule has 4 heteroatoms. The highest BCUT2D eigenvalue weighted by molar-refractivity contribution is 7.99. The quantitative estimate of drug-likeness (QED) is 0.912. The van der Waals surface area contributed by atoms with Crippen molar-refractivity contribution in [2.24, 2.45) is 5.92 Å². The number of rotatable bonds is 5. The van der Waals surface area contributed by atoms with Crippen LogP contribution in [0.25, 0.3) is 11.3 Å². The Morgan fingerprint density at radius 1 is 1.35 bits per heavy atom. The molecule has 3 rings (SSSR count).